The van der Waals surface area contributed by atoms with Crippen molar-refractivity contribution in [2.24, 2.45) is 0 Å². The Balaban J connectivity index is 1.78. The number of aromatic nitrogens is 1. The van der Waals surface area contributed by atoms with Crippen molar-refractivity contribution in [2.45, 2.75) is 6.92 Å². The van der Waals surface area contributed by atoms with E-state index in [9.17, 15) is 27.6 Å². The van der Waals surface area contributed by atoms with Crippen molar-refractivity contribution >= 4 is 23.5 Å². The van der Waals surface area contributed by atoms with Crippen LogP contribution in [0.15, 0.2) is 30.5 Å². The molecule has 2 aromatic rings. The summed E-state index contributed by atoms with van der Waals surface area (Å²) in [6, 6.07) is 4.56. The van der Waals surface area contributed by atoms with Crippen molar-refractivity contribution in [3.8, 4) is 0 Å². The number of nitrogens with one attached hydrogen (secondary N) is 2. The highest BCUT2D eigenvalue weighted by Crippen LogP contribution is 2.19. The van der Waals surface area contributed by atoms with Gasteiger partial charge in [0.1, 0.15) is 0 Å². The van der Waals surface area contributed by atoms with Gasteiger partial charge in [-0.2, -0.15) is 0 Å². The zero-order valence-corrected chi connectivity index (χ0v) is 14.0. The van der Waals surface area contributed by atoms with Gasteiger partial charge < -0.3 is 15.4 Å². The SMILES string of the molecule is Cc1ccc(C(=O)OCC(=O)NCC(=O)Nc2ccc(F)c(F)c2F)cn1. The van der Waals surface area contributed by atoms with E-state index in [-0.39, 0.29) is 5.56 Å². The molecule has 10 heteroatoms. The summed E-state index contributed by atoms with van der Waals surface area (Å²) in [5.41, 5.74) is 0.277. The zero-order chi connectivity index (χ0) is 20.0. The molecule has 0 saturated heterocycles. The van der Waals surface area contributed by atoms with Gasteiger partial charge in [-0.25, -0.2) is 18.0 Å². The molecule has 0 aliphatic rings. The highest BCUT2D eigenvalue weighted by atomic mass is 19.2. The molecule has 27 heavy (non-hydrogen) atoms. The number of hydrogen-bond donors (Lipinski definition) is 2. The number of rotatable bonds is 6. The first-order chi connectivity index (χ1) is 12.8. The van der Waals surface area contributed by atoms with E-state index in [1.54, 1.807) is 13.0 Å². The number of aryl methyl sites for hydroxylation is 1. The normalized spacial score (nSPS) is 10.2. The summed E-state index contributed by atoms with van der Waals surface area (Å²) in [5, 5.41) is 4.11. The molecule has 2 N–H and O–H groups in total. The summed E-state index contributed by atoms with van der Waals surface area (Å²) in [4.78, 5) is 38.8. The number of anilines is 1. The third-order valence-corrected chi connectivity index (χ3v) is 3.24. The van der Waals surface area contributed by atoms with Crippen LogP contribution in [0.25, 0.3) is 0 Å². The molecule has 0 fully saturated rings. The van der Waals surface area contributed by atoms with Gasteiger partial charge in [0.25, 0.3) is 5.91 Å². The highest BCUT2D eigenvalue weighted by Gasteiger charge is 2.16. The molecule has 1 aromatic heterocycles. The van der Waals surface area contributed by atoms with Gasteiger partial charge in [0, 0.05) is 11.9 Å². The van der Waals surface area contributed by atoms with Crippen LogP contribution in [-0.2, 0) is 14.3 Å². The minimum atomic E-state index is -1.73. The lowest BCUT2D eigenvalue weighted by Crippen LogP contribution is -2.35. The van der Waals surface area contributed by atoms with Crippen LogP contribution in [0.3, 0.4) is 0 Å². The van der Waals surface area contributed by atoms with E-state index in [4.69, 9.17) is 4.74 Å². The van der Waals surface area contributed by atoms with Crippen molar-refractivity contribution in [3.05, 3.63) is 59.2 Å². The summed E-state index contributed by atoms with van der Waals surface area (Å²) >= 11 is 0. The summed E-state index contributed by atoms with van der Waals surface area (Å²) in [6.45, 7) is 0.486. The van der Waals surface area contributed by atoms with Gasteiger partial charge in [0.2, 0.25) is 5.91 Å². The molecule has 0 bridgehead atoms. The average Bonchev–Trinajstić information content (AvgIpc) is 2.65. The Hall–Kier alpha value is -3.43. The van der Waals surface area contributed by atoms with Crippen molar-refractivity contribution in [2.75, 3.05) is 18.5 Å². The number of pyridine rings is 1. The van der Waals surface area contributed by atoms with E-state index in [0.29, 0.717) is 11.8 Å². The summed E-state index contributed by atoms with van der Waals surface area (Å²) in [7, 11) is 0. The minimum absolute atomic E-state index is 0.153. The molecule has 0 spiro atoms. The predicted molar refractivity (Wildman–Crippen MR) is 87.2 cm³/mol. The molecule has 0 aliphatic heterocycles. The first-order valence-electron chi connectivity index (χ1n) is 7.57. The first kappa shape index (κ1) is 19.9. The van der Waals surface area contributed by atoms with Gasteiger partial charge >= 0.3 is 5.97 Å². The van der Waals surface area contributed by atoms with Crippen LogP contribution >= 0.6 is 0 Å². The molecular weight excluding hydrogens is 367 g/mol. The van der Waals surface area contributed by atoms with Crippen molar-refractivity contribution in [1.82, 2.24) is 10.3 Å². The second-order valence-electron chi connectivity index (χ2n) is 5.31. The molecule has 0 aliphatic carbocycles. The Morgan fingerprint density at radius 2 is 1.78 bits per heavy atom. The second kappa shape index (κ2) is 8.79. The molecule has 0 atom stereocenters. The van der Waals surface area contributed by atoms with Gasteiger partial charge in [-0.15, -0.1) is 0 Å². The lowest BCUT2D eigenvalue weighted by atomic mass is 10.2. The zero-order valence-electron chi connectivity index (χ0n) is 14.0. The smallest absolute Gasteiger partial charge is 0.340 e. The first-order valence-corrected chi connectivity index (χ1v) is 7.57. The second-order valence-corrected chi connectivity index (χ2v) is 5.31. The number of ether oxygens (including phenoxy) is 1. The van der Waals surface area contributed by atoms with Crippen LogP contribution in [0.2, 0.25) is 0 Å². The Morgan fingerprint density at radius 3 is 2.44 bits per heavy atom. The van der Waals surface area contributed by atoms with Crippen LogP contribution < -0.4 is 10.6 Å². The Kier molecular flexibility index (Phi) is 6.47. The molecule has 1 aromatic carbocycles. The van der Waals surface area contributed by atoms with E-state index in [1.807, 2.05) is 5.32 Å². The Bertz CT molecular complexity index is 872. The molecule has 7 nitrogen and oxygen atoms in total. The number of halogens is 3. The van der Waals surface area contributed by atoms with Crippen LogP contribution in [0.5, 0.6) is 0 Å². The van der Waals surface area contributed by atoms with E-state index in [2.05, 4.69) is 10.3 Å². The molecule has 0 radical (unpaired) electrons. The summed E-state index contributed by atoms with van der Waals surface area (Å²) in [5.74, 6) is -7.13. The molecule has 2 amide bonds. The molecular formula is C17H14F3N3O4. The number of amides is 2. The number of nitrogens with zero attached hydrogens (tertiary/aromatic N) is 1. The van der Waals surface area contributed by atoms with Crippen molar-refractivity contribution < 1.29 is 32.3 Å². The third kappa shape index (κ3) is 5.53. The maximum atomic E-state index is 13.4. The van der Waals surface area contributed by atoms with E-state index in [0.717, 1.165) is 6.07 Å². The van der Waals surface area contributed by atoms with Crippen LogP contribution in [0, 0.1) is 24.4 Å². The largest absolute Gasteiger partial charge is 0.452 e. The van der Waals surface area contributed by atoms with Gasteiger partial charge in [0.05, 0.1) is 17.8 Å². The van der Waals surface area contributed by atoms with Gasteiger partial charge in [0.15, 0.2) is 24.1 Å². The summed E-state index contributed by atoms with van der Waals surface area (Å²) in [6.07, 6.45) is 1.29. The fourth-order valence-electron chi connectivity index (χ4n) is 1.85. The standard InChI is InChI=1S/C17H14F3N3O4/c1-9-2-3-10(6-21-9)17(26)27-8-14(25)22-7-13(24)23-12-5-4-11(18)15(19)16(12)20/h2-6H,7-8H2,1H3,(H,22,25)(H,23,24). The fraction of sp³-hybridized carbons (Fsp3) is 0.176. The lowest BCUT2D eigenvalue weighted by Gasteiger charge is -2.09. The van der Waals surface area contributed by atoms with E-state index in [1.165, 1.54) is 12.3 Å². The monoisotopic (exact) mass is 381 g/mol. The average molecular weight is 381 g/mol. The molecule has 1 heterocycles. The molecule has 0 saturated carbocycles. The minimum Gasteiger partial charge on any atom is -0.452 e. The van der Waals surface area contributed by atoms with E-state index < -0.39 is 54.1 Å². The number of benzene rings is 1. The predicted octanol–water partition coefficient (Wildman–Crippen LogP) is 1.72. The Morgan fingerprint density at radius 1 is 1.04 bits per heavy atom. The Labute approximate surface area is 151 Å². The molecule has 142 valence electrons. The van der Waals surface area contributed by atoms with Crippen molar-refractivity contribution in [3.63, 3.8) is 0 Å². The quantitative estimate of drug-likeness (QED) is 0.587. The van der Waals surface area contributed by atoms with Crippen LogP contribution in [0.1, 0.15) is 16.1 Å². The van der Waals surface area contributed by atoms with E-state index >= 15 is 0 Å². The number of carbonyl (C=O) groups excluding carboxylic acids is 3. The maximum absolute atomic E-state index is 13.4. The van der Waals surface area contributed by atoms with Crippen LogP contribution in [-0.4, -0.2) is 35.9 Å². The van der Waals surface area contributed by atoms with Crippen LogP contribution in [0.4, 0.5) is 18.9 Å². The fourth-order valence-corrected chi connectivity index (χ4v) is 1.85. The molecule has 2 rings (SSSR count). The van der Waals surface area contributed by atoms with Gasteiger partial charge in [-0.3, -0.25) is 14.6 Å². The molecule has 0 unspecified atom stereocenters. The van der Waals surface area contributed by atoms with Gasteiger partial charge in [-0.1, -0.05) is 0 Å². The summed E-state index contributed by atoms with van der Waals surface area (Å²) < 4.78 is 44.1. The topological polar surface area (TPSA) is 97.4 Å². The number of carbonyl (C=O) groups is 3. The van der Waals surface area contributed by atoms with Gasteiger partial charge in [-0.05, 0) is 31.2 Å². The lowest BCUT2D eigenvalue weighted by molar-refractivity contribution is -0.126. The highest BCUT2D eigenvalue weighted by molar-refractivity contribution is 5.95. The third-order valence-electron chi connectivity index (χ3n) is 3.24. The van der Waals surface area contributed by atoms with Crippen molar-refractivity contribution in [1.29, 1.82) is 0 Å². The maximum Gasteiger partial charge on any atom is 0.340 e. The number of hydrogen-bond acceptors (Lipinski definition) is 5. The number of esters is 1.